The molecular weight excluding hydrogens is 281 g/mol. The van der Waals surface area contributed by atoms with Gasteiger partial charge in [-0.1, -0.05) is 17.7 Å². The summed E-state index contributed by atoms with van der Waals surface area (Å²) in [6.07, 6.45) is 0. The molecule has 0 aromatic heterocycles. The Labute approximate surface area is 121 Å². The van der Waals surface area contributed by atoms with E-state index in [1.165, 1.54) is 19.2 Å². The third-order valence-corrected chi connectivity index (χ3v) is 2.91. The van der Waals surface area contributed by atoms with Gasteiger partial charge in [0.1, 0.15) is 18.4 Å². The molecule has 0 atom stereocenters. The van der Waals surface area contributed by atoms with Crippen LogP contribution >= 0.6 is 11.6 Å². The van der Waals surface area contributed by atoms with E-state index in [2.05, 4.69) is 0 Å². The molecule has 2 aromatic carbocycles. The molecule has 0 aliphatic rings. The molecule has 0 fully saturated rings. The number of hydrogen-bond donors (Lipinski definition) is 0. The first-order valence-corrected chi connectivity index (χ1v) is 6.16. The molecule has 0 radical (unpaired) electrons. The molecular formula is C15H11ClFNO2. The Bertz CT molecular complexity index is 667. The van der Waals surface area contributed by atoms with Crippen molar-refractivity contribution in [1.82, 2.24) is 0 Å². The SMILES string of the molecule is COc1ccc(COc2cc(Cl)ccc2C#N)cc1F. The van der Waals surface area contributed by atoms with Gasteiger partial charge in [-0.25, -0.2) is 4.39 Å². The van der Waals surface area contributed by atoms with Crippen LogP contribution in [0.4, 0.5) is 4.39 Å². The first kappa shape index (κ1) is 14.2. The van der Waals surface area contributed by atoms with Crippen LogP contribution in [0.1, 0.15) is 11.1 Å². The molecule has 0 spiro atoms. The summed E-state index contributed by atoms with van der Waals surface area (Å²) in [7, 11) is 1.40. The van der Waals surface area contributed by atoms with Gasteiger partial charge in [-0.3, -0.25) is 0 Å². The van der Waals surface area contributed by atoms with E-state index in [1.807, 2.05) is 6.07 Å². The molecule has 0 unspecified atom stereocenters. The summed E-state index contributed by atoms with van der Waals surface area (Å²) in [5, 5.41) is 9.44. The number of hydrogen-bond acceptors (Lipinski definition) is 3. The lowest BCUT2D eigenvalue weighted by atomic mass is 10.2. The van der Waals surface area contributed by atoms with Crippen LogP contribution in [-0.2, 0) is 6.61 Å². The zero-order valence-electron chi connectivity index (χ0n) is 10.7. The minimum absolute atomic E-state index is 0.135. The van der Waals surface area contributed by atoms with Gasteiger partial charge in [-0.15, -0.1) is 0 Å². The molecule has 5 heteroatoms. The van der Waals surface area contributed by atoms with E-state index in [4.69, 9.17) is 26.3 Å². The van der Waals surface area contributed by atoms with Crippen LogP contribution in [0, 0.1) is 17.1 Å². The summed E-state index contributed by atoms with van der Waals surface area (Å²) in [6, 6.07) is 11.3. The highest BCUT2D eigenvalue weighted by molar-refractivity contribution is 6.30. The van der Waals surface area contributed by atoms with Crippen molar-refractivity contribution in [3.05, 3.63) is 58.4 Å². The Morgan fingerprint density at radius 2 is 2.00 bits per heavy atom. The number of halogens is 2. The summed E-state index contributed by atoms with van der Waals surface area (Å²) in [5.41, 5.74) is 1.01. The monoisotopic (exact) mass is 291 g/mol. The number of methoxy groups -OCH3 is 1. The van der Waals surface area contributed by atoms with Gasteiger partial charge in [0.25, 0.3) is 0 Å². The average molecular weight is 292 g/mol. The Balaban J connectivity index is 2.15. The lowest BCUT2D eigenvalue weighted by molar-refractivity contribution is 0.304. The molecule has 2 rings (SSSR count). The van der Waals surface area contributed by atoms with Crippen molar-refractivity contribution < 1.29 is 13.9 Å². The number of benzene rings is 2. The lowest BCUT2D eigenvalue weighted by Gasteiger charge is -2.09. The average Bonchev–Trinajstić information content (AvgIpc) is 2.45. The summed E-state index contributed by atoms with van der Waals surface area (Å²) in [6.45, 7) is 0.135. The minimum atomic E-state index is -0.458. The van der Waals surface area contributed by atoms with Crippen LogP contribution in [0.15, 0.2) is 36.4 Å². The van der Waals surface area contributed by atoms with Gasteiger partial charge in [-0.2, -0.15) is 5.26 Å². The van der Waals surface area contributed by atoms with E-state index in [-0.39, 0.29) is 12.4 Å². The van der Waals surface area contributed by atoms with Crippen LogP contribution in [0.25, 0.3) is 0 Å². The Morgan fingerprint density at radius 3 is 2.65 bits per heavy atom. The van der Waals surface area contributed by atoms with Gasteiger partial charge in [0.15, 0.2) is 11.6 Å². The molecule has 0 heterocycles. The molecule has 0 saturated carbocycles. The predicted octanol–water partition coefficient (Wildman–Crippen LogP) is 3.94. The number of nitriles is 1. The van der Waals surface area contributed by atoms with Crippen molar-refractivity contribution in [2.75, 3.05) is 7.11 Å². The highest BCUT2D eigenvalue weighted by atomic mass is 35.5. The van der Waals surface area contributed by atoms with Gasteiger partial charge in [0, 0.05) is 11.1 Å². The predicted molar refractivity (Wildman–Crippen MR) is 73.5 cm³/mol. The fraction of sp³-hybridized carbons (Fsp3) is 0.133. The maximum atomic E-state index is 13.5. The molecule has 2 aromatic rings. The van der Waals surface area contributed by atoms with E-state index >= 15 is 0 Å². The summed E-state index contributed by atoms with van der Waals surface area (Å²) in [4.78, 5) is 0. The second-order valence-corrected chi connectivity index (χ2v) is 4.45. The van der Waals surface area contributed by atoms with Crippen LogP contribution in [0.5, 0.6) is 11.5 Å². The van der Waals surface area contributed by atoms with Crippen molar-refractivity contribution in [1.29, 1.82) is 5.26 Å². The Kier molecular flexibility index (Phi) is 4.44. The third-order valence-electron chi connectivity index (χ3n) is 2.67. The molecule has 0 saturated heterocycles. The Morgan fingerprint density at radius 1 is 1.20 bits per heavy atom. The number of nitrogens with zero attached hydrogens (tertiary/aromatic N) is 1. The molecule has 0 aliphatic heterocycles. The maximum absolute atomic E-state index is 13.5. The van der Waals surface area contributed by atoms with E-state index in [9.17, 15) is 4.39 Å². The van der Waals surface area contributed by atoms with Crippen molar-refractivity contribution >= 4 is 11.6 Å². The maximum Gasteiger partial charge on any atom is 0.165 e. The summed E-state index contributed by atoms with van der Waals surface area (Å²) < 4.78 is 23.9. The fourth-order valence-electron chi connectivity index (χ4n) is 1.67. The van der Waals surface area contributed by atoms with Crippen LogP contribution in [-0.4, -0.2) is 7.11 Å². The van der Waals surface area contributed by atoms with E-state index in [1.54, 1.807) is 24.3 Å². The molecule has 0 aliphatic carbocycles. The van der Waals surface area contributed by atoms with Crippen molar-refractivity contribution in [2.45, 2.75) is 6.61 Å². The number of ether oxygens (including phenoxy) is 2. The van der Waals surface area contributed by atoms with Gasteiger partial charge in [-0.05, 0) is 29.8 Å². The molecule has 20 heavy (non-hydrogen) atoms. The second-order valence-electron chi connectivity index (χ2n) is 4.01. The van der Waals surface area contributed by atoms with E-state index in [0.29, 0.717) is 21.9 Å². The van der Waals surface area contributed by atoms with Gasteiger partial charge >= 0.3 is 0 Å². The highest BCUT2D eigenvalue weighted by Gasteiger charge is 2.07. The fourth-order valence-corrected chi connectivity index (χ4v) is 1.83. The second kappa shape index (κ2) is 6.27. The standard InChI is InChI=1S/C15H11ClFNO2/c1-19-14-5-2-10(6-13(14)17)9-20-15-7-12(16)4-3-11(15)8-18/h2-7H,9H2,1H3. The van der Waals surface area contributed by atoms with Crippen molar-refractivity contribution in [2.24, 2.45) is 0 Å². The van der Waals surface area contributed by atoms with Crippen molar-refractivity contribution in [3.63, 3.8) is 0 Å². The molecule has 0 amide bonds. The molecule has 102 valence electrons. The smallest absolute Gasteiger partial charge is 0.165 e. The normalized spacial score (nSPS) is 9.90. The first-order valence-electron chi connectivity index (χ1n) is 5.79. The zero-order chi connectivity index (χ0) is 14.5. The lowest BCUT2D eigenvalue weighted by Crippen LogP contribution is -1.99. The van der Waals surface area contributed by atoms with E-state index < -0.39 is 5.82 Å². The summed E-state index contributed by atoms with van der Waals surface area (Å²) >= 11 is 5.85. The van der Waals surface area contributed by atoms with Crippen molar-refractivity contribution in [3.8, 4) is 17.6 Å². The number of rotatable bonds is 4. The van der Waals surface area contributed by atoms with E-state index in [0.717, 1.165) is 0 Å². The third kappa shape index (κ3) is 3.19. The topological polar surface area (TPSA) is 42.2 Å². The molecule has 3 nitrogen and oxygen atoms in total. The van der Waals surface area contributed by atoms with Gasteiger partial charge in [0.2, 0.25) is 0 Å². The Hall–Kier alpha value is -2.25. The quantitative estimate of drug-likeness (QED) is 0.857. The van der Waals surface area contributed by atoms with Crippen LogP contribution < -0.4 is 9.47 Å². The summed E-state index contributed by atoms with van der Waals surface area (Å²) in [5.74, 6) is 0.0886. The van der Waals surface area contributed by atoms with Gasteiger partial charge < -0.3 is 9.47 Å². The highest BCUT2D eigenvalue weighted by Crippen LogP contribution is 2.24. The largest absolute Gasteiger partial charge is 0.494 e. The first-order chi connectivity index (χ1) is 9.63. The zero-order valence-corrected chi connectivity index (χ0v) is 11.4. The van der Waals surface area contributed by atoms with Crippen LogP contribution in [0.3, 0.4) is 0 Å². The molecule has 0 N–H and O–H groups in total. The van der Waals surface area contributed by atoms with Crippen LogP contribution in [0.2, 0.25) is 5.02 Å². The van der Waals surface area contributed by atoms with Gasteiger partial charge in [0.05, 0.1) is 12.7 Å². The minimum Gasteiger partial charge on any atom is -0.494 e. The molecule has 0 bridgehead atoms.